The number of benzene rings is 2. The number of hydrogen-bond acceptors (Lipinski definition) is 16. The van der Waals surface area contributed by atoms with E-state index in [0.717, 1.165) is 83.3 Å². The Kier molecular flexibility index (Phi) is 13.5. The maximum Gasteiger partial charge on any atom is 0.256 e. The van der Waals surface area contributed by atoms with E-state index in [1.807, 2.05) is 88.8 Å². The number of nitrogens with zero attached hydrogens (tertiary/aromatic N) is 14. The molecule has 8 N–H and O–H groups in total. The van der Waals surface area contributed by atoms with Crippen molar-refractivity contribution in [2.75, 3.05) is 35.3 Å². The molecule has 22 heteroatoms. The normalized spacial score (nSPS) is 14.9. The van der Waals surface area contributed by atoms with Gasteiger partial charge in [-0.3, -0.25) is 19.0 Å². The van der Waals surface area contributed by atoms with E-state index in [-0.39, 0.29) is 37.1 Å². The number of fused-ring (bicyclic) bond motifs is 4. The van der Waals surface area contributed by atoms with Crippen molar-refractivity contribution in [1.29, 1.82) is 0 Å². The smallest absolute Gasteiger partial charge is 0.256 e. The monoisotopic (exact) mass is 1020 g/mol. The lowest BCUT2D eigenvalue weighted by molar-refractivity contribution is 0.101. The molecule has 2 aliphatic carbocycles. The lowest BCUT2D eigenvalue weighted by atomic mass is 9.93. The van der Waals surface area contributed by atoms with Crippen molar-refractivity contribution in [3.63, 3.8) is 0 Å². The number of amides is 2. The van der Waals surface area contributed by atoms with Crippen LogP contribution in [0.15, 0.2) is 110 Å². The van der Waals surface area contributed by atoms with E-state index in [2.05, 4.69) is 50.7 Å². The first-order valence-electron chi connectivity index (χ1n) is 25.0. The van der Waals surface area contributed by atoms with Crippen LogP contribution in [0.4, 0.5) is 23.3 Å². The third kappa shape index (κ3) is 9.57. The zero-order chi connectivity index (χ0) is 52.5. The average Bonchev–Trinajstić information content (AvgIpc) is 4.25. The number of nitrogens with one attached hydrogen (secondary N) is 2. The third-order valence-electron chi connectivity index (χ3n) is 13.8. The van der Waals surface area contributed by atoms with E-state index in [1.165, 1.54) is 12.7 Å². The number of nitrogens with two attached hydrogens (primary N) is 2. The summed E-state index contributed by atoms with van der Waals surface area (Å²) in [4.78, 5) is 51.5. The Morgan fingerprint density at radius 3 is 1.66 bits per heavy atom. The van der Waals surface area contributed by atoms with Crippen LogP contribution in [0.2, 0.25) is 0 Å². The summed E-state index contributed by atoms with van der Waals surface area (Å²) in [6.07, 6.45) is 15.5. The number of hydrogen-bond donors (Lipinski definition) is 6. The van der Waals surface area contributed by atoms with Gasteiger partial charge >= 0.3 is 0 Å². The number of pyridine rings is 2. The van der Waals surface area contributed by atoms with Gasteiger partial charge in [0.15, 0.2) is 11.3 Å². The van der Waals surface area contributed by atoms with Crippen molar-refractivity contribution in [2.24, 2.45) is 0 Å². The number of aliphatic hydroxyl groups is 2. The van der Waals surface area contributed by atoms with Crippen LogP contribution in [-0.4, -0.2) is 104 Å². The molecule has 0 saturated heterocycles. The predicted molar refractivity (Wildman–Crippen MR) is 285 cm³/mol. The highest BCUT2D eigenvalue weighted by Gasteiger charge is 2.31. The third-order valence-corrected chi connectivity index (χ3v) is 13.8. The number of aliphatic hydroxyl groups excluding tert-OH is 2. The maximum atomic E-state index is 12.8. The lowest BCUT2D eigenvalue weighted by Gasteiger charge is -2.23. The Morgan fingerprint density at radius 2 is 1.14 bits per heavy atom. The summed E-state index contributed by atoms with van der Waals surface area (Å²) in [6.45, 7) is 4.86. The average molecular weight is 1020 g/mol. The maximum absolute atomic E-state index is 12.8. The quantitative estimate of drug-likeness (QED) is 0.0783. The van der Waals surface area contributed by atoms with E-state index in [1.54, 1.807) is 41.3 Å². The number of rotatable bonds is 12. The van der Waals surface area contributed by atoms with Gasteiger partial charge in [0.25, 0.3) is 11.8 Å². The fourth-order valence-electron chi connectivity index (χ4n) is 10.2. The fourth-order valence-corrected chi connectivity index (χ4v) is 10.2. The second-order valence-corrected chi connectivity index (χ2v) is 18.8. The van der Waals surface area contributed by atoms with Crippen LogP contribution in [0.1, 0.15) is 92.1 Å². The Hall–Kier alpha value is -9.28. The second kappa shape index (κ2) is 20.9. The van der Waals surface area contributed by atoms with Crippen LogP contribution >= 0.6 is 0 Å². The Labute approximate surface area is 434 Å². The van der Waals surface area contributed by atoms with Gasteiger partial charge in [0.1, 0.15) is 47.3 Å². The first kappa shape index (κ1) is 49.0. The van der Waals surface area contributed by atoms with Crippen LogP contribution in [0.3, 0.4) is 0 Å². The van der Waals surface area contributed by atoms with Crippen LogP contribution in [-0.2, 0) is 25.9 Å². The first-order valence-corrected chi connectivity index (χ1v) is 25.0. The van der Waals surface area contributed by atoms with Crippen molar-refractivity contribution in [2.45, 2.75) is 77.5 Å². The molecule has 0 bridgehead atoms. The fraction of sp³-hybridized carbons (Fsp3) is 0.259. The summed E-state index contributed by atoms with van der Waals surface area (Å²) in [6, 6.07) is 21.7. The zero-order valence-corrected chi connectivity index (χ0v) is 41.7. The summed E-state index contributed by atoms with van der Waals surface area (Å²) in [5, 5.41) is 44.9. The molecule has 8 heterocycles. The minimum atomic E-state index is -0.248. The molecule has 22 nitrogen and oxygen atoms in total. The van der Waals surface area contributed by atoms with Crippen molar-refractivity contribution >= 4 is 57.2 Å². The highest BCUT2D eigenvalue weighted by molar-refractivity contribution is 6.06. The molecular formula is C54H54N18O4. The number of nitrogen functional groups attached to an aromatic ring is 2. The van der Waals surface area contributed by atoms with Crippen LogP contribution in [0.5, 0.6) is 0 Å². The molecule has 0 fully saturated rings. The summed E-state index contributed by atoms with van der Waals surface area (Å²) in [5.41, 5.74) is 24.2. The van der Waals surface area contributed by atoms with E-state index < -0.39 is 0 Å². The van der Waals surface area contributed by atoms with Gasteiger partial charge in [-0.15, -0.1) is 0 Å². The molecule has 2 atom stereocenters. The minimum absolute atomic E-state index is 0.0271. The molecule has 0 unspecified atom stereocenters. The van der Waals surface area contributed by atoms with Crippen LogP contribution < -0.4 is 22.1 Å². The Balaban J connectivity index is 0.000000162. The van der Waals surface area contributed by atoms with Gasteiger partial charge in [-0.05, 0) is 112 Å². The van der Waals surface area contributed by atoms with Crippen molar-refractivity contribution < 1.29 is 19.8 Å². The number of aryl methyl sites for hydroxylation is 3. The van der Waals surface area contributed by atoms with Gasteiger partial charge in [0.05, 0.1) is 61.1 Å². The highest BCUT2D eigenvalue weighted by atomic mass is 16.3. The largest absolute Gasteiger partial charge is 0.394 e. The summed E-state index contributed by atoms with van der Waals surface area (Å²) in [5.74, 6) is 1.20. The molecule has 12 rings (SSSR count). The molecule has 76 heavy (non-hydrogen) atoms. The number of carbonyl (C=O) groups excluding carboxylic acids is 2. The molecule has 8 aromatic heterocycles. The summed E-state index contributed by atoms with van der Waals surface area (Å²) in [7, 11) is 0. The second-order valence-electron chi connectivity index (χ2n) is 18.8. The molecule has 0 saturated carbocycles. The van der Waals surface area contributed by atoms with Crippen molar-refractivity contribution in [3.8, 4) is 22.5 Å². The minimum Gasteiger partial charge on any atom is -0.394 e. The molecule has 2 aliphatic rings. The lowest BCUT2D eigenvalue weighted by Crippen LogP contribution is -2.20. The molecule has 0 spiro atoms. The van der Waals surface area contributed by atoms with Gasteiger partial charge in [-0.25, -0.2) is 39.3 Å². The molecule has 0 radical (unpaired) electrons. The van der Waals surface area contributed by atoms with E-state index in [9.17, 15) is 19.8 Å². The molecule has 10 aromatic rings. The topological polar surface area (TPSA) is 299 Å². The van der Waals surface area contributed by atoms with Gasteiger partial charge in [0.2, 0.25) is 0 Å². The zero-order valence-electron chi connectivity index (χ0n) is 41.7. The van der Waals surface area contributed by atoms with Crippen LogP contribution in [0.25, 0.3) is 44.6 Å². The number of aromatic nitrogens is 14. The van der Waals surface area contributed by atoms with Crippen LogP contribution in [0, 0.1) is 13.8 Å². The standard InChI is InChI=1S/2C27H27N9O2/c1-16-9-10-29-22(13-16)32-27(38)18-7-5-17(6-8-18)24-23-25(28)30-15-31-26(23)36(34-24)21-4-2-3-20-19(21)14-35(33-20)11-12-37;1-16-9-10-29-22(13-16)33-27(38)18-7-5-17(6-8-18)24-23-25(28)30-15-31-26(23)36(34-24)21-4-2-3-20-19(21)14-32-35(20)11-12-37/h5-10,13-15,21,37H,2-4,11-12H2,1H3,(H2,28,30,31)(H,29,32,38);5-10,13-15,21,37H,2-4,11-12H2,1H3,(H2,28,30,31)(H,29,33,38)/t2*21-/m11/s1. The van der Waals surface area contributed by atoms with Gasteiger partial charge in [-0.1, -0.05) is 24.3 Å². The van der Waals surface area contributed by atoms with Gasteiger partial charge in [0, 0.05) is 57.7 Å². The molecule has 0 aliphatic heterocycles. The molecule has 384 valence electrons. The summed E-state index contributed by atoms with van der Waals surface area (Å²) < 4.78 is 7.48. The highest BCUT2D eigenvalue weighted by Crippen LogP contribution is 2.40. The SMILES string of the molecule is Cc1ccnc(NC(=O)c2ccc(-c3nn([C@@H]4CCCc5c4cnn5CCO)c4ncnc(N)c34)cc2)c1.Cc1ccnc(NC(=O)c2ccc(-c3nn([C@@H]4CCCc5nn(CCO)cc54)c4ncnc(N)c34)cc2)c1. The van der Waals surface area contributed by atoms with Gasteiger partial charge < -0.3 is 32.3 Å². The Bertz CT molecular complexity index is 3580. The first-order chi connectivity index (χ1) is 37.0. The molecule has 2 amide bonds. The number of anilines is 4. The summed E-state index contributed by atoms with van der Waals surface area (Å²) >= 11 is 0. The van der Waals surface area contributed by atoms with E-state index in [4.69, 9.17) is 21.7 Å². The Morgan fingerprint density at radius 1 is 0.632 bits per heavy atom. The predicted octanol–water partition coefficient (Wildman–Crippen LogP) is 6.29. The van der Waals surface area contributed by atoms with Crippen molar-refractivity contribution in [1.82, 2.24) is 69.0 Å². The molecule has 2 aromatic carbocycles. The van der Waals surface area contributed by atoms with E-state index >= 15 is 0 Å². The van der Waals surface area contributed by atoms with Gasteiger partial charge in [-0.2, -0.15) is 20.4 Å². The van der Waals surface area contributed by atoms with Crippen molar-refractivity contribution in [3.05, 3.63) is 155 Å². The number of carbonyl (C=O) groups is 2. The molecular weight excluding hydrogens is 965 g/mol. The van der Waals surface area contributed by atoms with E-state index in [0.29, 0.717) is 80.9 Å².